The van der Waals surface area contributed by atoms with E-state index in [0.717, 1.165) is 36.4 Å². The van der Waals surface area contributed by atoms with Crippen molar-refractivity contribution in [3.63, 3.8) is 0 Å². The van der Waals surface area contributed by atoms with Crippen LogP contribution in [0.15, 0.2) is 24.3 Å². The van der Waals surface area contributed by atoms with Gasteiger partial charge in [0, 0.05) is 18.1 Å². The van der Waals surface area contributed by atoms with Gasteiger partial charge < -0.3 is 21.8 Å². The maximum absolute atomic E-state index is 9.93. The van der Waals surface area contributed by atoms with Gasteiger partial charge in [0.1, 0.15) is 0 Å². The van der Waals surface area contributed by atoms with Gasteiger partial charge in [0.2, 0.25) is 12.8 Å². The molecule has 1 heterocycles. The SMILES string of the molecule is CC.CC(C)(C)[C-]=O.CC1CC[CH-]CC1.CCCCC(CCC)c1ccc(Cl)cc1.NC=O.O=CN1CCCC1.[K+]. The molecule has 1 saturated heterocycles. The molecule has 1 aliphatic carbocycles. The average molecular weight is 620 g/mol. The standard InChI is InChI=1S/C14H21Cl.C7H13.C5H9NO.C5H9O.C2H6.CH3NO.K/c1-3-5-7-12(6-4-2)13-8-10-14(15)11-9-13;1-7-5-3-2-4-6-7;7-5-6-3-1-2-4-6;1-5(2,3)4-6;1-2;2-1-3;/h8-12H,3-7H2,1-2H3;2,7H,3-6H2,1H3;5H,1-4H2;1-3H3;1-2H3;1H,(H2,2,3);/q;-1;;-1;;;+1. The third kappa shape index (κ3) is 34.1. The zero-order valence-electron chi connectivity index (χ0n) is 28.0. The monoisotopic (exact) mass is 619 g/mol. The van der Waals surface area contributed by atoms with E-state index in [9.17, 15) is 9.59 Å². The Hall–Kier alpha value is -0.244. The van der Waals surface area contributed by atoms with Crippen molar-refractivity contribution in [1.29, 1.82) is 0 Å². The molecule has 1 aromatic rings. The van der Waals surface area contributed by atoms with Crippen LogP contribution < -0.4 is 57.1 Å². The summed E-state index contributed by atoms with van der Waals surface area (Å²) in [6.45, 7) is 18.3. The van der Waals surface area contributed by atoms with Gasteiger partial charge >= 0.3 is 51.4 Å². The van der Waals surface area contributed by atoms with Crippen LogP contribution in [0.25, 0.3) is 0 Å². The van der Waals surface area contributed by atoms with Gasteiger partial charge in [-0.2, -0.15) is 12.8 Å². The topological polar surface area (TPSA) is 80.5 Å². The van der Waals surface area contributed by atoms with Gasteiger partial charge in [-0.3, -0.25) is 15.9 Å². The minimum atomic E-state index is -0.264. The smallest absolute Gasteiger partial charge is 0.541 e. The molecule has 0 radical (unpaired) electrons. The molecular formula is C34H61ClKN2O3-. The van der Waals surface area contributed by atoms with Crippen molar-refractivity contribution in [2.75, 3.05) is 13.1 Å². The third-order valence-corrected chi connectivity index (χ3v) is 6.46. The van der Waals surface area contributed by atoms with E-state index in [1.165, 1.54) is 76.2 Å². The predicted octanol–water partition coefficient (Wildman–Crippen LogP) is 6.33. The van der Waals surface area contributed by atoms with Crippen LogP contribution in [0.1, 0.15) is 138 Å². The molecule has 3 rings (SSSR count). The van der Waals surface area contributed by atoms with Gasteiger partial charge in [0.15, 0.2) is 0 Å². The molecule has 41 heavy (non-hydrogen) atoms. The first-order valence-electron chi connectivity index (χ1n) is 15.4. The summed E-state index contributed by atoms with van der Waals surface area (Å²) in [7, 11) is 0. The Morgan fingerprint density at radius 2 is 1.49 bits per heavy atom. The summed E-state index contributed by atoms with van der Waals surface area (Å²) in [5.74, 6) is 1.73. The third-order valence-electron chi connectivity index (χ3n) is 6.21. The van der Waals surface area contributed by atoms with Crippen molar-refractivity contribution in [3.8, 4) is 0 Å². The van der Waals surface area contributed by atoms with Gasteiger partial charge in [0.05, 0.1) is 0 Å². The summed E-state index contributed by atoms with van der Waals surface area (Å²) in [5, 5.41) is 0.837. The minimum absolute atomic E-state index is 0. The number of benzene rings is 1. The van der Waals surface area contributed by atoms with Crippen molar-refractivity contribution in [2.45, 2.75) is 132 Å². The van der Waals surface area contributed by atoms with Crippen molar-refractivity contribution in [3.05, 3.63) is 41.3 Å². The molecule has 1 aliphatic heterocycles. The molecule has 1 atom stereocenters. The van der Waals surface area contributed by atoms with Crippen LogP contribution in [-0.2, 0) is 14.4 Å². The van der Waals surface area contributed by atoms with Crippen LogP contribution in [0.2, 0.25) is 5.02 Å². The predicted molar refractivity (Wildman–Crippen MR) is 174 cm³/mol. The fraction of sp³-hybridized carbons (Fsp3) is 0.706. The Bertz CT molecular complexity index is 684. The van der Waals surface area contributed by atoms with Crippen LogP contribution in [0.4, 0.5) is 0 Å². The van der Waals surface area contributed by atoms with E-state index in [4.69, 9.17) is 16.4 Å². The molecule has 1 unspecified atom stereocenters. The number of unbranched alkanes of at least 4 members (excludes halogenated alkanes) is 1. The second-order valence-corrected chi connectivity index (χ2v) is 11.5. The molecule has 1 saturated carbocycles. The molecule has 0 aromatic heterocycles. The van der Waals surface area contributed by atoms with Gasteiger partial charge in [-0.05, 0) is 55.2 Å². The Labute approximate surface area is 301 Å². The van der Waals surface area contributed by atoms with Gasteiger partial charge in [-0.1, -0.05) is 111 Å². The number of nitrogens with zero attached hydrogens (tertiary/aromatic N) is 1. The van der Waals surface area contributed by atoms with E-state index < -0.39 is 0 Å². The summed E-state index contributed by atoms with van der Waals surface area (Å²) in [4.78, 5) is 30.0. The number of hydrogen-bond acceptors (Lipinski definition) is 3. The minimum Gasteiger partial charge on any atom is -0.541 e. The van der Waals surface area contributed by atoms with Crippen LogP contribution in [-0.4, -0.2) is 37.1 Å². The van der Waals surface area contributed by atoms with E-state index in [1.54, 1.807) is 4.90 Å². The molecule has 2 amide bonds. The number of likely N-dealkylation sites (tertiary alicyclic amines) is 1. The molecular weight excluding hydrogens is 559 g/mol. The molecule has 2 N–H and O–H groups in total. The number of carbonyl (C=O) groups excluding carboxylic acids is 3. The summed E-state index contributed by atoms with van der Waals surface area (Å²) < 4.78 is 0. The number of nitrogens with two attached hydrogens (primary N) is 1. The van der Waals surface area contributed by atoms with Crippen molar-refractivity contribution < 1.29 is 65.8 Å². The fourth-order valence-electron chi connectivity index (χ4n) is 3.95. The van der Waals surface area contributed by atoms with Crippen LogP contribution in [0.3, 0.4) is 0 Å². The van der Waals surface area contributed by atoms with Gasteiger partial charge in [0.25, 0.3) is 0 Å². The van der Waals surface area contributed by atoms with Crippen LogP contribution in [0, 0.1) is 17.8 Å². The molecule has 1 aromatic carbocycles. The zero-order chi connectivity index (χ0) is 31.2. The molecule has 7 heteroatoms. The number of halogens is 1. The van der Waals surface area contributed by atoms with Crippen LogP contribution >= 0.6 is 11.6 Å². The molecule has 0 spiro atoms. The molecule has 0 bridgehead atoms. The van der Waals surface area contributed by atoms with E-state index in [1.807, 2.05) is 53.0 Å². The van der Waals surface area contributed by atoms with E-state index in [0.29, 0.717) is 0 Å². The van der Waals surface area contributed by atoms with E-state index in [2.05, 4.69) is 45.1 Å². The van der Waals surface area contributed by atoms with E-state index >= 15 is 0 Å². The largest absolute Gasteiger partial charge is 1.00 e. The first-order valence-corrected chi connectivity index (χ1v) is 15.8. The first-order chi connectivity index (χ1) is 19.1. The van der Waals surface area contributed by atoms with Crippen molar-refractivity contribution in [2.24, 2.45) is 17.1 Å². The Morgan fingerprint density at radius 3 is 1.78 bits per heavy atom. The first kappa shape index (κ1) is 47.7. The molecule has 234 valence electrons. The summed E-state index contributed by atoms with van der Waals surface area (Å²) in [5.41, 5.74) is 5.36. The van der Waals surface area contributed by atoms with Gasteiger partial charge in [-0.15, -0.1) is 5.41 Å². The van der Waals surface area contributed by atoms with Crippen molar-refractivity contribution in [1.82, 2.24) is 4.90 Å². The number of carbonyl (C=O) groups is 2. The summed E-state index contributed by atoms with van der Waals surface area (Å²) in [6, 6.07) is 8.37. The quantitative estimate of drug-likeness (QED) is 0.220. The maximum Gasteiger partial charge on any atom is 1.00 e. The Morgan fingerprint density at radius 1 is 1.02 bits per heavy atom. The molecule has 5 nitrogen and oxygen atoms in total. The maximum atomic E-state index is 9.93. The number of hydrogen-bond donors (Lipinski definition) is 1. The normalized spacial score (nSPS) is 14.5. The molecule has 2 fully saturated rings. The Kier molecular flexibility index (Phi) is 39.8. The number of rotatable bonds is 7. The second-order valence-electron chi connectivity index (χ2n) is 11.1. The average Bonchev–Trinajstić information content (AvgIpc) is 3.49. The summed E-state index contributed by atoms with van der Waals surface area (Å²) in [6.07, 6.45) is 19.9. The fourth-order valence-corrected chi connectivity index (χ4v) is 4.08. The Balaban J connectivity index is -0.000000224. The zero-order valence-corrected chi connectivity index (χ0v) is 31.9. The summed E-state index contributed by atoms with van der Waals surface area (Å²) >= 11 is 5.90. The van der Waals surface area contributed by atoms with Crippen LogP contribution in [0.5, 0.6) is 0 Å². The molecule has 2 aliphatic rings. The van der Waals surface area contributed by atoms with Gasteiger partial charge in [-0.25, -0.2) is 0 Å². The second kappa shape index (κ2) is 34.2. The number of amides is 2. The number of primary amides is 1. The van der Waals surface area contributed by atoms with Crippen molar-refractivity contribution >= 4 is 30.7 Å². The van der Waals surface area contributed by atoms with E-state index in [-0.39, 0.29) is 63.2 Å².